The van der Waals surface area contributed by atoms with Crippen LogP contribution >= 0.6 is 23.4 Å². The van der Waals surface area contributed by atoms with Gasteiger partial charge in [-0.15, -0.1) is 11.8 Å². The fraction of sp³-hybridized carbons (Fsp3) is 0.188. The van der Waals surface area contributed by atoms with Crippen LogP contribution in [-0.4, -0.2) is 5.91 Å². The lowest BCUT2D eigenvalue weighted by Gasteiger charge is -2.11. The summed E-state index contributed by atoms with van der Waals surface area (Å²) in [5.74, 6) is 5.55. The maximum Gasteiger partial charge on any atom is 0.241 e. The molecule has 3 N–H and O–H groups in total. The van der Waals surface area contributed by atoms with Gasteiger partial charge >= 0.3 is 0 Å². The van der Waals surface area contributed by atoms with E-state index in [1.165, 1.54) is 5.56 Å². The number of nitrogens with two attached hydrogens (primary N) is 1. The number of halogens is 1. The first-order valence-corrected chi connectivity index (χ1v) is 7.95. The summed E-state index contributed by atoms with van der Waals surface area (Å²) in [6.45, 7) is 1.83. The van der Waals surface area contributed by atoms with Crippen LogP contribution in [0.25, 0.3) is 0 Å². The Bertz CT molecular complexity index is 616. The summed E-state index contributed by atoms with van der Waals surface area (Å²) in [5, 5.41) is 0.771. The van der Waals surface area contributed by atoms with Crippen molar-refractivity contribution in [1.29, 1.82) is 0 Å². The van der Waals surface area contributed by atoms with E-state index in [1.54, 1.807) is 11.8 Å². The van der Waals surface area contributed by atoms with E-state index in [-0.39, 0.29) is 11.8 Å². The lowest BCUT2D eigenvalue weighted by atomic mass is 9.99. The highest BCUT2D eigenvalue weighted by Gasteiger charge is 2.13. The van der Waals surface area contributed by atoms with Gasteiger partial charge in [0.2, 0.25) is 5.91 Å². The molecule has 0 radical (unpaired) electrons. The molecule has 0 aliphatic rings. The van der Waals surface area contributed by atoms with Crippen molar-refractivity contribution in [2.24, 2.45) is 5.84 Å². The summed E-state index contributed by atoms with van der Waals surface area (Å²) in [7, 11) is 0. The van der Waals surface area contributed by atoms with Gasteiger partial charge in [0.05, 0.1) is 10.9 Å². The van der Waals surface area contributed by atoms with E-state index in [0.717, 1.165) is 21.2 Å². The van der Waals surface area contributed by atoms with Gasteiger partial charge in [0, 0.05) is 10.6 Å². The number of hydrazine groups is 1. The third-order valence-electron chi connectivity index (χ3n) is 3.25. The van der Waals surface area contributed by atoms with Crippen LogP contribution in [-0.2, 0) is 10.5 Å². The zero-order valence-corrected chi connectivity index (χ0v) is 13.2. The van der Waals surface area contributed by atoms with Gasteiger partial charge in [0.15, 0.2) is 0 Å². The van der Waals surface area contributed by atoms with Gasteiger partial charge in [0.1, 0.15) is 0 Å². The van der Waals surface area contributed by atoms with Crippen molar-refractivity contribution >= 4 is 29.3 Å². The summed E-state index contributed by atoms with van der Waals surface area (Å²) in [4.78, 5) is 12.6. The third-order valence-corrected chi connectivity index (χ3v) is 4.83. The van der Waals surface area contributed by atoms with Crippen molar-refractivity contribution in [3.05, 3.63) is 64.7 Å². The van der Waals surface area contributed by atoms with Crippen molar-refractivity contribution < 1.29 is 4.79 Å². The van der Waals surface area contributed by atoms with Gasteiger partial charge < -0.3 is 0 Å². The second kappa shape index (κ2) is 7.50. The minimum Gasteiger partial charge on any atom is -0.294 e. The lowest BCUT2D eigenvalue weighted by Crippen LogP contribution is -2.33. The Kier molecular flexibility index (Phi) is 5.67. The van der Waals surface area contributed by atoms with Crippen LogP contribution in [0.2, 0.25) is 5.02 Å². The predicted octanol–water partition coefficient (Wildman–Crippen LogP) is 3.73. The maximum absolute atomic E-state index is 11.5. The molecule has 0 aliphatic heterocycles. The molecule has 0 saturated heterocycles. The molecule has 21 heavy (non-hydrogen) atoms. The minimum atomic E-state index is -0.250. The van der Waals surface area contributed by atoms with Crippen LogP contribution in [0.1, 0.15) is 24.0 Å². The quantitative estimate of drug-likeness (QED) is 0.382. The number of thioether (sulfide) groups is 1. The molecule has 2 rings (SSSR count). The maximum atomic E-state index is 11.5. The van der Waals surface area contributed by atoms with Crippen LogP contribution in [0.5, 0.6) is 0 Å². The number of amides is 1. The van der Waals surface area contributed by atoms with Gasteiger partial charge in [-0.3, -0.25) is 10.2 Å². The molecule has 1 amide bonds. The molecule has 0 bridgehead atoms. The highest BCUT2D eigenvalue weighted by molar-refractivity contribution is 7.98. The number of benzene rings is 2. The molecule has 2 aromatic carbocycles. The Morgan fingerprint density at radius 3 is 2.52 bits per heavy atom. The van der Waals surface area contributed by atoms with E-state index < -0.39 is 0 Å². The summed E-state index contributed by atoms with van der Waals surface area (Å²) >= 11 is 7.82. The number of carbonyl (C=O) groups excluding carboxylic acids is 1. The smallest absolute Gasteiger partial charge is 0.241 e. The standard InChI is InChI=1S/C16H17ClN2OS/c1-11(16(20)19-18)13-8-6-12(7-9-13)10-21-15-5-3-2-4-14(15)17/h2-9,11H,10,18H2,1H3,(H,19,20). The molecule has 3 nitrogen and oxygen atoms in total. The van der Waals surface area contributed by atoms with Crippen LogP contribution in [0.3, 0.4) is 0 Å². The summed E-state index contributed by atoms with van der Waals surface area (Å²) in [5.41, 5.74) is 4.31. The monoisotopic (exact) mass is 320 g/mol. The number of hydrogen-bond donors (Lipinski definition) is 2. The molecule has 0 saturated carbocycles. The fourth-order valence-corrected chi connectivity index (χ4v) is 3.10. The third kappa shape index (κ3) is 4.24. The largest absolute Gasteiger partial charge is 0.294 e. The molecule has 0 aliphatic carbocycles. The van der Waals surface area contributed by atoms with E-state index in [9.17, 15) is 4.79 Å². The molecule has 0 heterocycles. The minimum absolute atomic E-state index is 0.187. The summed E-state index contributed by atoms with van der Waals surface area (Å²) in [6.07, 6.45) is 0. The van der Waals surface area contributed by atoms with Gasteiger partial charge in [-0.1, -0.05) is 48.0 Å². The fourth-order valence-electron chi connectivity index (χ4n) is 1.90. The van der Waals surface area contributed by atoms with Crippen LogP contribution in [0.15, 0.2) is 53.4 Å². The molecule has 110 valence electrons. The highest BCUT2D eigenvalue weighted by Crippen LogP contribution is 2.29. The summed E-state index contributed by atoms with van der Waals surface area (Å²) in [6, 6.07) is 15.8. The van der Waals surface area contributed by atoms with Gasteiger partial charge in [-0.2, -0.15) is 0 Å². The average molecular weight is 321 g/mol. The molecule has 0 spiro atoms. The first-order chi connectivity index (χ1) is 10.1. The Morgan fingerprint density at radius 1 is 1.24 bits per heavy atom. The second-order valence-electron chi connectivity index (χ2n) is 4.69. The number of rotatable bonds is 5. The van der Waals surface area contributed by atoms with E-state index in [2.05, 4.69) is 5.43 Å². The molecule has 1 atom stereocenters. The van der Waals surface area contributed by atoms with E-state index in [1.807, 2.05) is 55.5 Å². The van der Waals surface area contributed by atoms with Crippen molar-refractivity contribution in [3.8, 4) is 0 Å². The van der Waals surface area contributed by atoms with Crippen molar-refractivity contribution in [3.63, 3.8) is 0 Å². The topological polar surface area (TPSA) is 55.1 Å². The predicted molar refractivity (Wildman–Crippen MR) is 88.2 cm³/mol. The second-order valence-corrected chi connectivity index (χ2v) is 6.12. The zero-order chi connectivity index (χ0) is 15.2. The van der Waals surface area contributed by atoms with Crippen LogP contribution < -0.4 is 11.3 Å². The van der Waals surface area contributed by atoms with Gasteiger partial charge in [-0.05, 0) is 30.2 Å². The average Bonchev–Trinajstić information content (AvgIpc) is 2.53. The van der Waals surface area contributed by atoms with E-state index in [0.29, 0.717) is 0 Å². The Labute approximate surface area is 133 Å². The zero-order valence-electron chi connectivity index (χ0n) is 11.7. The molecule has 2 aromatic rings. The van der Waals surface area contributed by atoms with Gasteiger partial charge in [0.25, 0.3) is 0 Å². The lowest BCUT2D eigenvalue weighted by molar-refractivity contribution is -0.122. The van der Waals surface area contributed by atoms with E-state index >= 15 is 0 Å². The Balaban J connectivity index is 2.00. The summed E-state index contributed by atoms with van der Waals surface area (Å²) < 4.78 is 0. The molecular weight excluding hydrogens is 304 g/mol. The van der Waals surface area contributed by atoms with E-state index in [4.69, 9.17) is 17.4 Å². The highest BCUT2D eigenvalue weighted by atomic mass is 35.5. The first-order valence-electron chi connectivity index (χ1n) is 6.58. The molecule has 0 aromatic heterocycles. The normalized spacial score (nSPS) is 12.0. The number of nitrogens with one attached hydrogen (secondary N) is 1. The van der Waals surface area contributed by atoms with Crippen molar-refractivity contribution in [2.75, 3.05) is 0 Å². The van der Waals surface area contributed by atoms with Crippen LogP contribution in [0.4, 0.5) is 0 Å². The van der Waals surface area contributed by atoms with Crippen molar-refractivity contribution in [2.45, 2.75) is 23.5 Å². The van der Waals surface area contributed by atoms with Crippen molar-refractivity contribution in [1.82, 2.24) is 5.43 Å². The molecular formula is C16H17ClN2OS. The number of carbonyl (C=O) groups is 1. The number of hydrogen-bond acceptors (Lipinski definition) is 3. The Morgan fingerprint density at radius 2 is 1.90 bits per heavy atom. The SMILES string of the molecule is CC(C(=O)NN)c1ccc(CSc2ccccc2Cl)cc1. The Hall–Kier alpha value is -1.49. The van der Waals surface area contributed by atoms with Gasteiger partial charge in [-0.25, -0.2) is 5.84 Å². The molecule has 1 unspecified atom stereocenters. The molecule has 5 heteroatoms. The molecule has 0 fully saturated rings. The first kappa shape index (κ1) is 15.9. The van der Waals surface area contributed by atoms with Crippen LogP contribution in [0, 0.1) is 0 Å².